The fourth-order valence-electron chi connectivity index (χ4n) is 3.57. The SMILES string of the molecule is CCCN1CCCCC(CNC)C1c1cnccc1C. The van der Waals surface area contributed by atoms with Gasteiger partial charge >= 0.3 is 0 Å². The van der Waals surface area contributed by atoms with Crippen molar-refractivity contribution in [2.24, 2.45) is 5.92 Å². The van der Waals surface area contributed by atoms with Crippen LogP contribution in [0.1, 0.15) is 49.8 Å². The summed E-state index contributed by atoms with van der Waals surface area (Å²) in [4.78, 5) is 7.09. The highest BCUT2D eigenvalue weighted by Crippen LogP contribution is 2.36. The van der Waals surface area contributed by atoms with E-state index in [1.807, 2.05) is 6.20 Å². The van der Waals surface area contributed by atoms with Crippen LogP contribution in [-0.2, 0) is 0 Å². The number of nitrogens with zero attached hydrogens (tertiary/aromatic N) is 2. The first-order valence-electron chi connectivity index (χ1n) is 8.07. The minimum Gasteiger partial charge on any atom is -0.319 e. The molecule has 1 aliphatic heterocycles. The molecule has 0 amide bonds. The van der Waals surface area contributed by atoms with Gasteiger partial charge in [-0.1, -0.05) is 13.3 Å². The Balaban J connectivity index is 2.33. The van der Waals surface area contributed by atoms with Crippen molar-refractivity contribution in [2.45, 2.75) is 45.6 Å². The lowest BCUT2D eigenvalue weighted by molar-refractivity contribution is 0.154. The van der Waals surface area contributed by atoms with Gasteiger partial charge in [-0.25, -0.2) is 0 Å². The summed E-state index contributed by atoms with van der Waals surface area (Å²) >= 11 is 0. The fourth-order valence-corrected chi connectivity index (χ4v) is 3.57. The monoisotopic (exact) mass is 275 g/mol. The number of rotatable bonds is 5. The van der Waals surface area contributed by atoms with Crippen molar-refractivity contribution in [3.8, 4) is 0 Å². The molecule has 1 N–H and O–H groups in total. The third kappa shape index (κ3) is 3.58. The van der Waals surface area contributed by atoms with Crippen LogP contribution in [0, 0.1) is 12.8 Å². The fraction of sp³-hybridized carbons (Fsp3) is 0.706. The number of hydrogen-bond acceptors (Lipinski definition) is 3. The molecule has 1 fully saturated rings. The summed E-state index contributed by atoms with van der Waals surface area (Å²) in [5, 5.41) is 3.40. The summed E-state index contributed by atoms with van der Waals surface area (Å²) < 4.78 is 0. The van der Waals surface area contributed by atoms with E-state index in [0.29, 0.717) is 12.0 Å². The molecule has 2 heterocycles. The van der Waals surface area contributed by atoms with Crippen molar-refractivity contribution >= 4 is 0 Å². The molecular weight excluding hydrogens is 246 g/mol. The third-order valence-electron chi connectivity index (χ3n) is 4.49. The molecule has 3 nitrogen and oxygen atoms in total. The minimum atomic E-state index is 0.526. The van der Waals surface area contributed by atoms with Crippen molar-refractivity contribution in [1.82, 2.24) is 15.2 Å². The van der Waals surface area contributed by atoms with Crippen LogP contribution in [0.4, 0.5) is 0 Å². The summed E-state index contributed by atoms with van der Waals surface area (Å²) in [7, 11) is 2.07. The van der Waals surface area contributed by atoms with E-state index in [2.05, 4.69) is 48.4 Å². The molecule has 112 valence electrons. The molecule has 0 radical (unpaired) electrons. The van der Waals surface area contributed by atoms with Gasteiger partial charge in [-0.3, -0.25) is 9.88 Å². The van der Waals surface area contributed by atoms with Crippen LogP contribution < -0.4 is 5.32 Å². The van der Waals surface area contributed by atoms with Crippen LogP contribution in [0.3, 0.4) is 0 Å². The smallest absolute Gasteiger partial charge is 0.0406 e. The highest BCUT2D eigenvalue weighted by molar-refractivity contribution is 5.26. The molecule has 1 aliphatic rings. The van der Waals surface area contributed by atoms with Gasteiger partial charge in [0.1, 0.15) is 0 Å². The summed E-state index contributed by atoms with van der Waals surface area (Å²) in [5.74, 6) is 0.692. The van der Waals surface area contributed by atoms with Crippen LogP contribution in [0.15, 0.2) is 18.5 Å². The van der Waals surface area contributed by atoms with Crippen LogP contribution in [0.25, 0.3) is 0 Å². The van der Waals surface area contributed by atoms with E-state index < -0.39 is 0 Å². The molecule has 2 atom stereocenters. The molecule has 3 heteroatoms. The Hall–Kier alpha value is -0.930. The quantitative estimate of drug-likeness (QED) is 0.894. The standard InChI is InChI=1S/C17H29N3/c1-4-10-20-11-6-5-7-15(12-18-3)17(20)16-13-19-9-8-14(16)2/h8-9,13,15,17-18H,4-7,10-12H2,1-3H3. The van der Waals surface area contributed by atoms with Gasteiger partial charge in [0.2, 0.25) is 0 Å². The normalized spacial score (nSPS) is 24.6. The lowest BCUT2D eigenvalue weighted by atomic mass is 9.88. The van der Waals surface area contributed by atoms with Crippen molar-refractivity contribution in [2.75, 3.05) is 26.7 Å². The molecule has 0 saturated carbocycles. The van der Waals surface area contributed by atoms with Crippen LogP contribution >= 0.6 is 0 Å². The molecule has 2 rings (SSSR count). The van der Waals surface area contributed by atoms with Gasteiger partial charge in [-0.2, -0.15) is 0 Å². The molecular formula is C17H29N3. The lowest BCUT2D eigenvalue weighted by Crippen LogP contribution is -2.37. The second kappa shape index (κ2) is 7.75. The summed E-state index contributed by atoms with van der Waals surface area (Å²) in [6.45, 7) is 8.03. The van der Waals surface area contributed by atoms with Gasteiger partial charge in [0.05, 0.1) is 0 Å². The van der Waals surface area contributed by atoms with E-state index >= 15 is 0 Å². The zero-order chi connectivity index (χ0) is 14.4. The highest BCUT2D eigenvalue weighted by Gasteiger charge is 2.31. The zero-order valence-corrected chi connectivity index (χ0v) is 13.2. The second-order valence-electron chi connectivity index (χ2n) is 6.03. The molecule has 1 aromatic heterocycles. The van der Waals surface area contributed by atoms with E-state index in [-0.39, 0.29) is 0 Å². The Morgan fingerprint density at radius 2 is 2.25 bits per heavy atom. The Bertz CT molecular complexity index is 389. The number of hydrogen-bond donors (Lipinski definition) is 1. The minimum absolute atomic E-state index is 0.526. The van der Waals surface area contributed by atoms with E-state index in [1.165, 1.54) is 49.9 Å². The van der Waals surface area contributed by atoms with Gasteiger partial charge in [0.15, 0.2) is 0 Å². The number of aryl methyl sites for hydroxylation is 1. The van der Waals surface area contributed by atoms with Gasteiger partial charge < -0.3 is 5.32 Å². The van der Waals surface area contributed by atoms with Crippen molar-refractivity contribution in [1.29, 1.82) is 0 Å². The van der Waals surface area contributed by atoms with Crippen molar-refractivity contribution in [3.05, 3.63) is 29.6 Å². The van der Waals surface area contributed by atoms with Crippen LogP contribution in [-0.4, -0.2) is 36.6 Å². The van der Waals surface area contributed by atoms with Crippen molar-refractivity contribution < 1.29 is 0 Å². The predicted octanol–water partition coefficient (Wildman–Crippen LogP) is 3.16. The topological polar surface area (TPSA) is 28.2 Å². The van der Waals surface area contributed by atoms with E-state index in [0.717, 1.165) is 6.54 Å². The van der Waals surface area contributed by atoms with Crippen LogP contribution in [0.2, 0.25) is 0 Å². The Kier molecular flexibility index (Phi) is 5.99. The largest absolute Gasteiger partial charge is 0.319 e. The summed E-state index contributed by atoms with van der Waals surface area (Å²) in [6, 6.07) is 2.68. The summed E-state index contributed by atoms with van der Waals surface area (Å²) in [5.41, 5.74) is 2.82. The van der Waals surface area contributed by atoms with Crippen molar-refractivity contribution in [3.63, 3.8) is 0 Å². The maximum absolute atomic E-state index is 4.39. The average Bonchev–Trinajstić information content (AvgIpc) is 2.63. The first-order valence-corrected chi connectivity index (χ1v) is 8.07. The van der Waals surface area contributed by atoms with Gasteiger partial charge in [-0.05, 0) is 76.0 Å². The predicted molar refractivity (Wildman–Crippen MR) is 84.8 cm³/mol. The number of pyridine rings is 1. The van der Waals surface area contributed by atoms with Gasteiger partial charge in [-0.15, -0.1) is 0 Å². The molecule has 0 spiro atoms. The third-order valence-corrected chi connectivity index (χ3v) is 4.49. The lowest BCUT2D eigenvalue weighted by Gasteiger charge is -2.36. The number of likely N-dealkylation sites (tertiary alicyclic amines) is 1. The second-order valence-corrected chi connectivity index (χ2v) is 6.03. The molecule has 1 saturated heterocycles. The molecule has 1 aromatic rings. The maximum Gasteiger partial charge on any atom is 0.0406 e. The number of nitrogens with one attached hydrogen (secondary N) is 1. The van der Waals surface area contributed by atoms with E-state index in [9.17, 15) is 0 Å². The van der Waals surface area contributed by atoms with Crippen LogP contribution in [0.5, 0.6) is 0 Å². The highest BCUT2D eigenvalue weighted by atomic mass is 15.2. The average molecular weight is 275 g/mol. The molecule has 0 aromatic carbocycles. The molecule has 2 unspecified atom stereocenters. The zero-order valence-electron chi connectivity index (χ0n) is 13.2. The first-order chi connectivity index (χ1) is 9.77. The first kappa shape index (κ1) is 15.5. The molecule has 0 aliphatic carbocycles. The van der Waals surface area contributed by atoms with Gasteiger partial charge in [0, 0.05) is 18.4 Å². The Morgan fingerprint density at radius 3 is 2.95 bits per heavy atom. The summed E-state index contributed by atoms with van der Waals surface area (Å²) in [6.07, 6.45) is 9.23. The maximum atomic E-state index is 4.39. The Labute approximate surface area is 123 Å². The van der Waals surface area contributed by atoms with Gasteiger partial charge in [0.25, 0.3) is 0 Å². The Morgan fingerprint density at radius 1 is 1.40 bits per heavy atom. The van der Waals surface area contributed by atoms with E-state index in [1.54, 1.807) is 0 Å². The number of aromatic nitrogens is 1. The van der Waals surface area contributed by atoms with E-state index in [4.69, 9.17) is 0 Å². The molecule has 20 heavy (non-hydrogen) atoms. The molecule has 0 bridgehead atoms.